The van der Waals surface area contributed by atoms with E-state index in [2.05, 4.69) is 39.7 Å². The minimum absolute atomic E-state index is 0.301. The number of nitrogens with zero attached hydrogens (tertiary/aromatic N) is 2. The van der Waals surface area contributed by atoms with E-state index in [1.807, 2.05) is 18.2 Å². The Morgan fingerprint density at radius 1 is 1.11 bits per heavy atom. The standard InChI is InChI=1S/C13H11BrCl2N2/c1-7(2)11-6-12(16)18-13(17-11)8-3-4-9(14)10(15)5-8/h3-7H,1-2H3. The molecule has 0 aliphatic rings. The molecule has 0 spiro atoms. The van der Waals surface area contributed by atoms with Gasteiger partial charge in [-0.05, 0) is 46.1 Å². The topological polar surface area (TPSA) is 25.8 Å². The van der Waals surface area contributed by atoms with Gasteiger partial charge < -0.3 is 0 Å². The second-order valence-corrected chi connectivity index (χ2v) is 5.87. The van der Waals surface area contributed by atoms with Crippen LogP contribution in [-0.2, 0) is 0 Å². The molecule has 0 amide bonds. The zero-order chi connectivity index (χ0) is 13.3. The summed E-state index contributed by atoms with van der Waals surface area (Å²) in [6, 6.07) is 7.39. The largest absolute Gasteiger partial charge is 0.233 e. The van der Waals surface area contributed by atoms with Crippen molar-refractivity contribution in [3.05, 3.63) is 44.6 Å². The van der Waals surface area contributed by atoms with Crippen LogP contribution in [0.4, 0.5) is 0 Å². The highest BCUT2D eigenvalue weighted by atomic mass is 79.9. The average Bonchev–Trinajstić information content (AvgIpc) is 2.31. The molecule has 0 atom stereocenters. The molecule has 2 nitrogen and oxygen atoms in total. The Balaban J connectivity index is 2.53. The molecule has 0 bridgehead atoms. The predicted octanol–water partition coefficient (Wildman–Crippen LogP) is 5.34. The van der Waals surface area contributed by atoms with Gasteiger partial charge in [-0.15, -0.1) is 0 Å². The number of hydrogen-bond donors (Lipinski definition) is 0. The van der Waals surface area contributed by atoms with Crippen molar-refractivity contribution in [2.75, 3.05) is 0 Å². The van der Waals surface area contributed by atoms with E-state index in [1.54, 1.807) is 6.07 Å². The van der Waals surface area contributed by atoms with Crippen molar-refractivity contribution >= 4 is 39.1 Å². The molecule has 0 unspecified atom stereocenters. The van der Waals surface area contributed by atoms with Crippen LogP contribution in [0.3, 0.4) is 0 Å². The molecule has 0 saturated heterocycles. The lowest BCUT2D eigenvalue weighted by atomic mass is 10.1. The number of hydrogen-bond acceptors (Lipinski definition) is 2. The second-order valence-electron chi connectivity index (χ2n) is 4.22. The van der Waals surface area contributed by atoms with Crippen LogP contribution < -0.4 is 0 Å². The lowest BCUT2D eigenvalue weighted by Gasteiger charge is -2.08. The number of rotatable bonds is 2. The van der Waals surface area contributed by atoms with E-state index in [9.17, 15) is 0 Å². The Kier molecular flexibility index (Phi) is 4.25. The normalized spacial score (nSPS) is 11.0. The van der Waals surface area contributed by atoms with E-state index >= 15 is 0 Å². The van der Waals surface area contributed by atoms with Gasteiger partial charge in [-0.1, -0.05) is 37.0 Å². The third kappa shape index (κ3) is 3.02. The fraction of sp³-hybridized carbons (Fsp3) is 0.231. The van der Waals surface area contributed by atoms with Crippen molar-refractivity contribution in [2.24, 2.45) is 0 Å². The van der Waals surface area contributed by atoms with Crippen LogP contribution in [0.2, 0.25) is 10.2 Å². The Morgan fingerprint density at radius 2 is 1.83 bits per heavy atom. The van der Waals surface area contributed by atoms with E-state index in [0.29, 0.717) is 21.9 Å². The van der Waals surface area contributed by atoms with Crippen molar-refractivity contribution in [1.82, 2.24) is 9.97 Å². The van der Waals surface area contributed by atoms with Gasteiger partial charge in [-0.2, -0.15) is 0 Å². The smallest absolute Gasteiger partial charge is 0.161 e. The maximum atomic E-state index is 6.07. The summed E-state index contributed by atoms with van der Waals surface area (Å²) in [7, 11) is 0. The van der Waals surface area contributed by atoms with Crippen LogP contribution in [0.1, 0.15) is 25.5 Å². The van der Waals surface area contributed by atoms with Crippen LogP contribution in [0.15, 0.2) is 28.7 Å². The van der Waals surface area contributed by atoms with Gasteiger partial charge in [0.05, 0.1) is 5.02 Å². The maximum Gasteiger partial charge on any atom is 0.161 e. The summed E-state index contributed by atoms with van der Waals surface area (Å²) in [6.07, 6.45) is 0. The molecule has 18 heavy (non-hydrogen) atoms. The zero-order valence-corrected chi connectivity index (χ0v) is 13.0. The van der Waals surface area contributed by atoms with Crippen molar-refractivity contribution in [2.45, 2.75) is 19.8 Å². The van der Waals surface area contributed by atoms with Crippen molar-refractivity contribution in [3.63, 3.8) is 0 Å². The first-order chi connectivity index (χ1) is 8.47. The highest BCUT2D eigenvalue weighted by molar-refractivity contribution is 9.10. The van der Waals surface area contributed by atoms with Gasteiger partial charge in [0.15, 0.2) is 5.82 Å². The predicted molar refractivity (Wildman–Crippen MR) is 79.3 cm³/mol. The van der Waals surface area contributed by atoms with Gasteiger partial charge in [-0.3, -0.25) is 0 Å². The van der Waals surface area contributed by atoms with Gasteiger partial charge in [0.2, 0.25) is 0 Å². The van der Waals surface area contributed by atoms with Crippen LogP contribution in [-0.4, -0.2) is 9.97 Å². The summed E-state index contributed by atoms with van der Waals surface area (Å²) in [5.74, 6) is 0.899. The molecule has 2 rings (SSSR count). The van der Waals surface area contributed by atoms with Crippen LogP contribution in [0, 0.1) is 0 Å². The van der Waals surface area contributed by atoms with E-state index in [1.165, 1.54) is 0 Å². The molecule has 0 aliphatic carbocycles. The molecule has 0 aliphatic heterocycles. The average molecular weight is 346 g/mol. The van der Waals surface area contributed by atoms with Gasteiger partial charge in [0, 0.05) is 15.7 Å². The monoisotopic (exact) mass is 344 g/mol. The van der Waals surface area contributed by atoms with Gasteiger partial charge >= 0.3 is 0 Å². The highest BCUT2D eigenvalue weighted by Gasteiger charge is 2.09. The molecule has 1 aromatic heterocycles. The molecule has 2 aromatic rings. The Hall–Kier alpha value is -0.640. The second kappa shape index (κ2) is 5.55. The SMILES string of the molecule is CC(C)c1cc(Cl)nc(-c2ccc(Br)c(Cl)c2)n1. The lowest BCUT2D eigenvalue weighted by Crippen LogP contribution is -1.98. The van der Waals surface area contributed by atoms with Gasteiger partial charge in [0.1, 0.15) is 5.15 Å². The summed E-state index contributed by atoms with van der Waals surface area (Å²) in [5, 5.41) is 1.07. The van der Waals surface area contributed by atoms with Crippen molar-refractivity contribution < 1.29 is 0 Å². The summed E-state index contributed by atoms with van der Waals surface area (Å²) < 4.78 is 0.846. The fourth-order valence-corrected chi connectivity index (χ4v) is 2.11. The van der Waals surface area contributed by atoms with Crippen molar-refractivity contribution in [3.8, 4) is 11.4 Å². The molecule has 1 aromatic carbocycles. The summed E-state index contributed by atoms with van der Waals surface area (Å²) in [4.78, 5) is 8.74. The Labute approximate surface area is 124 Å². The number of benzene rings is 1. The molecule has 0 fully saturated rings. The zero-order valence-electron chi connectivity index (χ0n) is 9.92. The first-order valence-corrected chi connectivity index (χ1v) is 7.02. The third-order valence-electron chi connectivity index (χ3n) is 2.48. The third-order valence-corrected chi connectivity index (χ3v) is 3.91. The highest BCUT2D eigenvalue weighted by Crippen LogP contribution is 2.28. The molecular weight excluding hydrogens is 335 g/mol. The summed E-state index contributed by atoms with van der Waals surface area (Å²) >= 11 is 15.4. The minimum Gasteiger partial charge on any atom is -0.233 e. The summed E-state index contributed by atoms with van der Waals surface area (Å²) in [6.45, 7) is 4.13. The molecule has 94 valence electrons. The first kappa shape index (κ1) is 13.8. The van der Waals surface area contributed by atoms with Gasteiger partial charge in [0.25, 0.3) is 0 Å². The molecule has 0 saturated carbocycles. The molecule has 0 N–H and O–H groups in total. The van der Waals surface area contributed by atoms with Crippen LogP contribution in [0.5, 0.6) is 0 Å². The first-order valence-electron chi connectivity index (χ1n) is 5.47. The van der Waals surface area contributed by atoms with E-state index in [0.717, 1.165) is 15.7 Å². The van der Waals surface area contributed by atoms with Crippen LogP contribution in [0.25, 0.3) is 11.4 Å². The quantitative estimate of drug-likeness (QED) is 0.687. The Morgan fingerprint density at radius 3 is 2.44 bits per heavy atom. The minimum atomic E-state index is 0.301. The van der Waals surface area contributed by atoms with Crippen LogP contribution >= 0.6 is 39.1 Å². The molecule has 1 heterocycles. The maximum absolute atomic E-state index is 6.07. The molecular formula is C13H11BrCl2N2. The Bertz CT molecular complexity index is 585. The summed E-state index contributed by atoms with van der Waals surface area (Å²) in [5.41, 5.74) is 1.77. The van der Waals surface area contributed by atoms with E-state index in [-0.39, 0.29) is 0 Å². The fourth-order valence-electron chi connectivity index (χ4n) is 1.50. The van der Waals surface area contributed by atoms with Crippen molar-refractivity contribution in [1.29, 1.82) is 0 Å². The number of halogens is 3. The van der Waals surface area contributed by atoms with E-state index in [4.69, 9.17) is 23.2 Å². The molecule has 0 radical (unpaired) electrons. The molecule has 5 heteroatoms. The lowest BCUT2D eigenvalue weighted by molar-refractivity contribution is 0.817. The number of aromatic nitrogens is 2. The van der Waals surface area contributed by atoms with E-state index < -0.39 is 0 Å². The van der Waals surface area contributed by atoms with Gasteiger partial charge in [-0.25, -0.2) is 9.97 Å².